The summed E-state index contributed by atoms with van der Waals surface area (Å²) >= 11 is 0. The molecule has 0 unspecified atom stereocenters. The lowest BCUT2D eigenvalue weighted by atomic mass is 10.0. The lowest BCUT2D eigenvalue weighted by Gasteiger charge is -2.21. The van der Waals surface area contributed by atoms with Crippen LogP contribution in [0.3, 0.4) is 0 Å². The normalized spacial score (nSPS) is 16.5. The van der Waals surface area contributed by atoms with E-state index in [-0.39, 0.29) is 11.8 Å². The Labute approximate surface area is 142 Å². The van der Waals surface area contributed by atoms with E-state index in [0.29, 0.717) is 11.9 Å². The first-order valence-corrected chi connectivity index (χ1v) is 8.71. The van der Waals surface area contributed by atoms with E-state index in [1.165, 1.54) is 23.2 Å². The Morgan fingerprint density at radius 3 is 2.50 bits per heavy atom. The maximum atomic E-state index is 12.7. The van der Waals surface area contributed by atoms with Crippen LogP contribution in [0.1, 0.15) is 51.1 Å². The number of amides is 1. The van der Waals surface area contributed by atoms with Gasteiger partial charge >= 0.3 is 0 Å². The molecule has 1 aliphatic carbocycles. The fourth-order valence-corrected chi connectivity index (χ4v) is 3.19. The summed E-state index contributed by atoms with van der Waals surface area (Å²) in [5, 5.41) is 15.9. The number of aryl methyl sites for hydroxylation is 1. The van der Waals surface area contributed by atoms with Crippen molar-refractivity contribution >= 4 is 5.91 Å². The number of rotatable bonds is 5. The van der Waals surface area contributed by atoms with Crippen molar-refractivity contribution in [3.8, 4) is 11.4 Å². The van der Waals surface area contributed by atoms with Crippen molar-refractivity contribution in [1.82, 2.24) is 25.5 Å². The number of tetrazole rings is 1. The number of carbonyl (C=O) groups is 1. The van der Waals surface area contributed by atoms with Gasteiger partial charge in [0.25, 0.3) is 0 Å². The van der Waals surface area contributed by atoms with Crippen LogP contribution in [0.25, 0.3) is 11.4 Å². The Hall–Kier alpha value is -2.24. The summed E-state index contributed by atoms with van der Waals surface area (Å²) in [6, 6.07) is 7.83. The molecule has 0 spiro atoms. The molecule has 1 aromatic heterocycles. The van der Waals surface area contributed by atoms with Gasteiger partial charge in [-0.05, 0) is 30.9 Å². The molecule has 1 atom stereocenters. The molecule has 0 bridgehead atoms. The molecule has 24 heavy (non-hydrogen) atoms. The van der Waals surface area contributed by atoms with E-state index < -0.39 is 6.04 Å². The van der Waals surface area contributed by atoms with Gasteiger partial charge in [0.05, 0.1) is 0 Å². The molecule has 0 radical (unpaired) electrons. The van der Waals surface area contributed by atoms with Crippen LogP contribution < -0.4 is 5.32 Å². The molecular weight excluding hydrogens is 302 g/mol. The maximum absolute atomic E-state index is 12.7. The van der Waals surface area contributed by atoms with Crippen LogP contribution in [0.15, 0.2) is 24.3 Å². The molecule has 3 rings (SSSR count). The standard InChI is InChI=1S/C18H25N5O/c1-12(2)16(18(24)19-15-6-4-5-7-15)23-21-17(20-22-23)14-10-8-13(3)9-11-14/h8-12,15-16H,4-7H2,1-3H3,(H,19,24)/t16-/m0/s1. The van der Waals surface area contributed by atoms with Crippen molar-refractivity contribution in [3.63, 3.8) is 0 Å². The second-order valence-corrected chi connectivity index (χ2v) is 6.98. The second-order valence-electron chi connectivity index (χ2n) is 6.98. The van der Waals surface area contributed by atoms with E-state index in [1.54, 1.807) is 0 Å². The van der Waals surface area contributed by atoms with Crippen molar-refractivity contribution in [2.75, 3.05) is 0 Å². The van der Waals surface area contributed by atoms with E-state index >= 15 is 0 Å². The van der Waals surface area contributed by atoms with Gasteiger partial charge in [-0.15, -0.1) is 10.2 Å². The number of benzene rings is 1. The van der Waals surface area contributed by atoms with E-state index in [0.717, 1.165) is 18.4 Å². The Balaban J connectivity index is 1.78. The van der Waals surface area contributed by atoms with Crippen LogP contribution in [0.2, 0.25) is 0 Å². The highest BCUT2D eigenvalue weighted by Crippen LogP contribution is 2.22. The summed E-state index contributed by atoms with van der Waals surface area (Å²) in [6.45, 7) is 6.05. The Bertz CT molecular complexity index is 686. The third kappa shape index (κ3) is 3.63. The number of carbonyl (C=O) groups excluding carboxylic acids is 1. The first-order valence-electron chi connectivity index (χ1n) is 8.71. The molecule has 1 N–H and O–H groups in total. The van der Waals surface area contributed by atoms with Crippen molar-refractivity contribution in [3.05, 3.63) is 29.8 Å². The van der Waals surface area contributed by atoms with E-state index in [1.807, 2.05) is 45.0 Å². The maximum Gasteiger partial charge on any atom is 0.247 e. The van der Waals surface area contributed by atoms with Crippen molar-refractivity contribution in [2.45, 2.75) is 58.5 Å². The Morgan fingerprint density at radius 2 is 1.88 bits per heavy atom. The van der Waals surface area contributed by atoms with Gasteiger partial charge in [0.1, 0.15) is 0 Å². The molecular formula is C18H25N5O. The average molecular weight is 327 g/mol. The molecule has 1 aromatic carbocycles. The van der Waals surface area contributed by atoms with Crippen molar-refractivity contribution in [2.24, 2.45) is 5.92 Å². The SMILES string of the molecule is Cc1ccc(-c2nnn([C@H](C(=O)NC3CCCC3)C(C)C)n2)cc1. The highest BCUT2D eigenvalue weighted by atomic mass is 16.2. The van der Waals surface area contributed by atoms with Gasteiger partial charge in [0.15, 0.2) is 6.04 Å². The zero-order valence-electron chi connectivity index (χ0n) is 14.6. The van der Waals surface area contributed by atoms with E-state index in [9.17, 15) is 4.79 Å². The van der Waals surface area contributed by atoms with Crippen LogP contribution in [-0.2, 0) is 4.79 Å². The van der Waals surface area contributed by atoms with Crippen LogP contribution in [0, 0.1) is 12.8 Å². The smallest absolute Gasteiger partial charge is 0.247 e. The number of nitrogens with zero attached hydrogens (tertiary/aromatic N) is 4. The van der Waals surface area contributed by atoms with Crippen LogP contribution in [0.5, 0.6) is 0 Å². The van der Waals surface area contributed by atoms with Gasteiger partial charge in [0, 0.05) is 11.6 Å². The van der Waals surface area contributed by atoms with Gasteiger partial charge in [-0.3, -0.25) is 4.79 Å². The topological polar surface area (TPSA) is 72.7 Å². The second kappa shape index (κ2) is 7.11. The van der Waals surface area contributed by atoms with Gasteiger partial charge in [-0.25, -0.2) is 0 Å². The molecule has 1 fully saturated rings. The largest absolute Gasteiger partial charge is 0.351 e. The zero-order chi connectivity index (χ0) is 17.1. The molecule has 1 saturated carbocycles. The van der Waals surface area contributed by atoms with Gasteiger partial charge in [-0.1, -0.05) is 56.5 Å². The quantitative estimate of drug-likeness (QED) is 0.916. The molecule has 1 amide bonds. The molecule has 0 saturated heterocycles. The van der Waals surface area contributed by atoms with Crippen LogP contribution >= 0.6 is 0 Å². The van der Waals surface area contributed by atoms with Gasteiger partial charge in [-0.2, -0.15) is 4.80 Å². The number of hydrogen-bond acceptors (Lipinski definition) is 4. The number of aromatic nitrogens is 4. The summed E-state index contributed by atoms with van der Waals surface area (Å²) in [7, 11) is 0. The molecule has 2 aromatic rings. The number of nitrogens with one attached hydrogen (secondary N) is 1. The van der Waals surface area contributed by atoms with Gasteiger partial charge in [0.2, 0.25) is 11.7 Å². The lowest BCUT2D eigenvalue weighted by Crippen LogP contribution is -2.41. The van der Waals surface area contributed by atoms with Crippen molar-refractivity contribution in [1.29, 1.82) is 0 Å². The molecule has 6 heteroatoms. The molecule has 6 nitrogen and oxygen atoms in total. The summed E-state index contributed by atoms with van der Waals surface area (Å²) in [5.74, 6) is 0.630. The lowest BCUT2D eigenvalue weighted by molar-refractivity contribution is -0.127. The minimum Gasteiger partial charge on any atom is -0.351 e. The first-order chi connectivity index (χ1) is 11.5. The third-order valence-corrected chi connectivity index (χ3v) is 4.59. The minimum atomic E-state index is -0.433. The van der Waals surface area contributed by atoms with Crippen LogP contribution in [-0.4, -0.2) is 32.2 Å². The minimum absolute atomic E-state index is 0.00949. The van der Waals surface area contributed by atoms with Crippen molar-refractivity contribution < 1.29 is 4.79 Å². The monoisotopic (exact) mass is 327 g/mol. The highest BCUT2D eigenvalue weighted by Gasteiger charge is 2.29. The predicted octanol–water partition coefficient (Wildman–Crippen LogP) is 2.90. The number of hydrogen-bond donors (Lipinski definition) is 1. The van der Waals surface area contributed by atoms with E-state index in [2.05, 4.69) is 20.7 Å². The fraction of sp³-hybridized carbons (Fsp3) is 0.556. The highest BCUT2D eigenvalue weighted by molar-refractivity contribution is 5.80. The molecule has 1 heterocycles. The molecule has 0 aliphatic heterocycles. The zero-order valence-corrected chi connectivity index (χ0v) is 14.6. The average Bonchev–Trinajstić information content (AvgIpc) is 3.20. The third-order valence-electron chi connectivity index (χ3n) is 4.59. The fourth-order valence-electron chi connectivity index (χ4n) is 3.19. The van der Waals surface area contributed by atoms with Gasteiger partial charge < -0.3 is 5.32 Å². The Morgan fingerprint density at radius 1 is 1.21 bits per heavy atom. The molecule has 1 aliphatic rings. The molecule has 128 valence electrons. The summed E-state index contributed by atoms with van der Waals surface area (Å²) in [5.41, 5.74) is 2.09. The predicted molar refractivity (Wildman–Crippen MR) is 92.3 cm³/mol. The summed E-state index contributed by atoms with van der Waals surface area (Å²) < 4.78 is 0. The van der Waals surface area contributed by atoms with Crippen LogP contribution in [0.4, 0.5) is 0 Å². The Kier molecular flexibility index (Phi) is 4.92. The first kappa shape index (κ1) is 16.6. The summed E-state index contributed by atoms with van der Waals surface area (Å²) in [4.78, 5) is 14.2. The van der Waals surface area contributed by atoms with E-state index in [4.69, 9.17) is 0 Å². The summed E-state index contributed by atoms with van der Waals surface area (Å²) in [6.07, 6.45) is 4.51.